The van der Waals surface area contributed by atoms with Gasteiger partial charge in [0, 0.05) is 11.1 Å². The number of nitrogens with zero attached hydrogens (tertiary/aromatic N) is 1. The lowest BCUT2D eigenvalue weighted by Crippen LogP contribution is -2.42. The maximum Gasteiger partial charge on any atom is 0.235 e. The van der Waals surface area contributed by atoms with Crippen LogP contribution >= 0.6 is 11.6 Å². The van der Waals surface area contributed by atoms with Crippen LogP contribution in [0.3, 0.4) is 0 Å². The van der Waals surface area contributed by atoms with E-state index in [1.165, 1.54) is 0 Å². The minimum Gasteiger partial charge on any atom is -0.478 e. The van der Waals surface area contributed by atoms with Crippen molar-refractivity contribution in [2.45, 2.75) is 50.9 Å². The zero-order valence-corrected chi connectivity index (χ0v) is 15.9. The number of hydrogen-bond donors (Lipinski definition) is 1. The molecule has 1 amide bonds. The molecule has 26 heavy (non-hydrogen) atoms. The van der Waals surface area contributed by atoms with Gasteiger partial charge in [0.25, 0.3) is 0 Å². The highest BCUT2D eigenvalue weighted by atomic mass is 35.5. The van der Waals surface area contributed by atoms with E-state index >= 15 is 0 Å². The molecular weight excluding hydrogens is 348 g/mol. The normalized spacial score (nSPS) is 16.1. The number of nitrogens with one attached hydrogen (secondary N) is 1. The van der Waals surface area contributed by atoms with E-state index in [1.807, 2.05) is 37.3 Å². The minimum atomic E-state index is -0.575. The average molecular weight is 373 g/mol. The minimum absolute atomic E-state index is 0.00525. The molecule has 5 heteroatoms. The third-order valence-corrected chi connectivity index (χ3v) is 5.31. The first kappa shape index (κ1) is 18.7. The smallest absolute Gasteiger partial charge is 0.235 e. The zero-order valence-electron chi connectivity index (χ0n) is 15.1. The molecule has 1 heterocycles. The van der Waals surface area contributed by atoms with E-state index in [0.29, 0.717) is 23.2 Å². The highest BCUT2D eigenvalue weighted by Crippen LogP contribution is 2.43. The van der Waals surface area contributed by atoms with Gasteiger partial charge in [-0.25, -0.2) is 4.98 Å². The Bertz CT molecular complexity index is 740. The van der Waals surface area contributed by atoms with Crippen molar-refractivity contribution < 1.29 is 9.53 Å². The largest absolute Gasteiger partial charge is 0.478 e. The lowest BCUT2D eigenvalue weighted by molar-refractivity contribution is -0.122. The molecule has 1 aliphatic carbocycles. The topological polar surface area (TPSA) is 51.2 Å². The molecule has 1 aromatic heterocycles. The van der Waals surface area contributed by atoms with E-state index < -0.39 is 5.41 Å². The highest BCUT2D eigenvalue weighted by Gasteiger charge is 2.42. The van der Waals surface area contributed by atoms with Crippen molar-refractivity contribution in [1.29, 1.82) is 0 Å². The molecule has 1 aromatic carbocycles. The number of benzene rings is 1. The first-order valence-electron chi connectivity index (χ1n) is 9.31. The summed E-state index contributed by atoms with van der Waals surface area (Å²) in [6.45, 7) is 2.68. The van der Waals surface area contributed by atoms with Gasteiger partial charge in [0.2, 0.25) is 11.8 Å². The molecular formula is C21H25ClN2O2. The van der Waals surface area contributed by atoms with Crippen molar-refractivity contribution in [3.8, 4) is 5.88 Å². The summed E-state index contributed by atoms with van der Waals surface area (Å²) < 4.78 is 5.50. The number of halogens is 1. The lowest BCUT2D eigenvalue weighted by atomic mass is 9.68. The van der Waals surface area contributed by atoms with Crippen molar-refractivity contribution in [2.24, 2.45) is 0 Å². The summed E-state index contributed by atoms with van der Waals surface area (Å²) in [7, 11) is 0. The van der Waals surface area contributed by atoms with Crippen LogP contribution in [-0.2, 0) is 10.2 Å². The second kappa shape index (κ2) is 8.54. The molecule has 0 bridgehead atoms. The van der Waals surface area contributed by atoms with Crippen molar-refractivity contribution in [3.05, 3.63) is 53.2 Å². The molecule has 0 unspecified atom stereocenters. The number of aromatic nitrogens is 1. The molecule has 3 rings (SSSR count). The fourth-order valence-electron chi connectivity index (χ4n) is 3.62. The number of pyridine rings is 1. The molecule has 0 atom stereocenters. The summed E-state index contributed by atoms with van der Waals surface area (Å²) in [5.41, 5.74) is 1.03. The summed E-state index contributed by atoms with van der Waals surface area (Å²) >= 11 is 6.45. The Labute approximate surface area is 159 Å². The SMILES string of the molecule is CCCOc1ccc(NC(=O)C2(c3ccccc3Cl)CCCCC2)cn1. The molecule has 4 nitrogen and oxygen atoms in total. The third-order valence-electron chi connectivity index (χ3n) is 4.98. The van der Waals surface area contributed by atoms with Crippen LogP contribution < -0.4 is 10.1 Å². The molecule has 2 aromatic rings. The number of amides is 1. The van der Waals surface area contributed by atoms with E-state index in [4.69, 9.17) is 16.3 Å². The molecule has 138 valence electrons. The second-order valence-electron chi connectivity index (χ2n) is 6.81. The fourth-order valence-corrected chi connectivity index (χ4v) is 3.94. The van der Waals surface area contributed by atoms with Gasteiger partial charge in [-0.1, -0.05) is 56.0 Å². The second-order valence-corrected chi connectivity index (χ2v) is 7.22. The van der Waals surface area contributed by atoms with E-state index in [2.05, 4.69) is 10.3 Å². The van der Waals surface area contributed by atoms with Gasteiger partial charge >= 0.3 is 0 Å². The summed E-state index contributed by atoms with van der Waals surface area (Å²) in [4.78, 5) is 17.5. The van der Waals surface area contributed by atoms with Crippen molar-refractivity contribution in [3.63, 3.8) is 0 Å². The molecule has 0 spiro atoms. The predicted octanol–water partition coefficient (Wildman–Crippen LogP) is 5.36. The lowest BCUT2D eigenvalue weighted by Gasteiger charge is -2.37. The van der Waals surface area contributed by atoms with Gasteiger partial charge < -0.3 is 10.1 Å². The standard InChI is InChI=1S/C21H25ClN2O2/c1-2-14-26-19-11-10-16(15-23-19)24-20(25)21(12-6-3-7-13-21)17-8-4-5-9-18(17)22/h4-5,8-11,15H,2-3,6-7,12-14H2,1H3,(H,24,25). The van der Waals surface area contributed by atoms with Crippen LogP contribution in [0.1, 0.15) is 51.0 Å². The number of rotatable bonds is 6. The predicted molar refractivity (Wildman–Crippen MR) is 105 cm³/mol. The Morgan fingerprint density at radius 1 is 1.19 bits per heavy atom. The van der Waals surface area contributed by atoms with E-state index in [1.54, 1.807) is 12.3 Å². The zero-order chi connectivity index (χ0) is 18.4. The van der Waals surface area contributed by atoms with Crippen LogP contribution in [0, 0.1) is 0 Å². The molecule has 1 N–H and O–H groups in total. The Morgan fingerprint density at radius 3 is 2.62 bits per heavy atom. The van der Waals surface area contributed by atoms with Gasteiger partial charge in [0.05, 0.1) is 23.9 Å². The number of carbonyl (C=O) groups excluding carboxylic acids is 1. The first-order chi connectivity index (χ1) is 12.7. The monoisotopic (exact) mass is 372 g/mol. The molecule has 0 aliphatic heterocycles. The number of hydrogen-bond acceptors (Lipinski definition) is 3. The third kappa shape index (κ3) is 4.01. The van der Waals surface area contributed by atoms with Gasteiger partial charge in [-0.15, -0.1) is 0 Å². The van der Waals surface area contributed by atoms with E-state index in [9.17, 15) is 4.79 Å². The van der Waals surface area contributed by atoms with Crippen LogP contribution in [0.25, 0.3) is 0 Å². The van der Waals surface area contributed by atoms with Crippen LogP contribution in [0.15, 0.2) is 42.6 Å². The van der Waals surface area contributed by atoms with Crippen LogP contribution in [0.5, 0.6) is 5.88 Å². The van der Waals surface area contributed by atoms with Crippen molar-refractivity contribution in [1.82, 2.24) is 4.98 Å². The molecule has 1 saturated carbocycles. The van der Waals surface area contributed by atoms with Crippen molar-refractivity contribution >= 4 is 23.2 Å². The fraction of sp³-hybridized carbons (Fsp3) is 0.429. The quantitative estimate of drug-likeness (QED) is 0.742. The van der Waals surface area contributed by atoms with Crippen LogP contribution in [-0.4, -0.2) is 17.5 Å². The molecule has 1 fully saturated rings. The molecule has 0 saturated heterocycles. The Kier molecular flexibility index (Phi) is 6.15. The van der Waals surface area contributed by atoms with Gasteiger partial charge in [0.1, 0.15) is 0 Å². The average Bonchev–Trinajstić information content (AvgIpc) is 2.68. The summed E-state index contributed by atoms with van der Waals surface area (Å²) in [5.74, 6) is 0.567. The summed E-state index contributed by atoms with van der Waals surface area (Å²) in [5, 5.41) is 3.70. The van der Waals surface area contributed by atoms with Gasteiger partial charge in [-0.05, 0) is 37.0 Å². The van der Waals surface area contributed by atoms with Gasteiger partial charge in [0.15, 0.2) is 0 Å². The maximum atomic E-state index is 13.3. The van der Waals surface area contributed by atoms with Crippen LogP contribution in [0.2, 0.25) is 5.02 Å². The first-order valence-corrected chi connectivity index (χ1v) is 9.69. The molecule has 0 radical (unpaired) electrons. The van der Waals surface area contributed by atoms with E-state index in [-0.39, 0.29) is 5.91 Å². The Balaban J connectivity index is 1.81. The summed E-state index contributed by atoms with van der Waals surface area (Å²) in [6.07, 6.45) is 7.42. The Hall–Kier alpha value is -2.07. The number of anilines is 1. The maximum absolute atomic E-state index is 13.3. The summed E-state index contributed by atoms with van der Waals surface area (Å²) in [6, 6.07) is 11.3. The Morgan fingerprint density at radius 2 is 1.96 bits per heavy atom. The number of ether oxygens (including phenoxy) is 1. The van der Waals surface area contributed by atoms with Crippen LogP contribution in [0.4, 0.5) is 5.69 Å². The highest BCUT2D eigenvalue weighted by molar-refractivity contribution is 6.31. The number of carbonyl (C=O) groups is 1. The van der Waals surface area contributed by atoms with Crippen molar-refractivity contribution in [2.75, 3.05) is 11.9 Å². The van der Waals surface area contributed by atoms with Gasteiger partial charge in [-0.3, -0.25) is 4.79 Å². The van der Waals surface area contributed by atoms with Gasteiger partial charge in [-0.2, -0.15) is 0 Å². The molecule has 1 aliphatic rings. The van der Waals surface area contributed by atoms with E-state index in [0.717, 1.165) is 44.1 Å².